The van der Waals surface area contributed by atoms with E-state index in [1.807, 2.05) is 18.2 Å². The molecule has 0 radical (unpaired) electrons. The number of aromatic hydroxyl groups is 1. The second kappa shape index (κ2) is 4.56. The first-order valence-corrected chi connectivity index (χ1v) is 4.90. The number of methoxy groups -OCH3 is 1. The number of aromatic amines is 1. The van der Waals surface area contributed by atoms with E-state index in [9.17, 15) is 9.90 Å². The fraction of sp³-hybridized carbons (Fsp3) is 0.0909. The normalized spacial score (nSPS) is 9.94. The van der Waals surface area contributed by atoms with Gasteiger partial charge in [0.2, 0.25) is 11.7 Å². The molecule has 0 saturated heterocycles. The number of aromatic nitrogens is 2. The van der Waals surface area contributed by atoms with Gasteiger partial charge in [-0.1, -0.05) is 18.2 Å². The fourth-order valence-corrected chi connectivity index (χ4v) is 1.35. The molecule has 0 bridgehead atoms. The summed E-state index contributed by atoms with van der Waals surface area (Å²) in [5.74, 6) is -0.502. The van der Waals surface area contributed by atoms with Gasteiger partial charge in [0.05, 0.1) is 7.11 Å². The van der Waals surface area contributed by atoms with Gasteiger partial charge in [-0.2, -0.15) is 4.98 Å². The van der Waals surface area contributed by atoms with Crippen LogP contribution in [0.1, 0.15) is 0 Å². The van der Waals surface area contributed by atoms with E-state index in [1.165, 1.54) is 7.11 Å². The van der Waals surface area contributed by atoms with Gasteiger partial charge in [-0.3, -0.25) is 9.78 Å². The van der Waals surface area contributed by atoms with E-state index < -0.39 is 11.4 Å². The predicted octanol–water partition coefficient (Wildman–Crippen LogP) is 1.23. The summed E-state index contributed by atoms with van der Waals surface area (Å²) in [5.41, 5.74) is 0.207. The number of H-pyrrole nitrogens is 1. The van der Waals surface area contributed by atoms with Crippen molar-refractivity contribution in [3.63, 3.8) is 0 Å². The summed E-state index contributed by atoms with van der Waals surface area (Å²) in [6.45, 7) is 0. The van der Waals surface area contributed by atoms with Crippen molar-refractivity contribution in [3.8, 4) is 11.6 Å². The minimum absolute atomic E-state index is 0.152. The van der Waals surface area contributed by atoms with E-state index in [4.69, 9.17) is 4.74 Å². The third-order valence-electron chi connectivity index (χ3n) is 2.10. The van der Waals surface area contributed by atoms with Gasteiger partial charge < -0.3 is 15.2 Å². The predicted molar refractivity (Wildman–Crippen MR) is 62.8 cm³/mol. The van der Waals surface area contributed by atoms with Crippen molar-refractivity contribution in [2.24, 2.45) is 0 Å². The van der Waals surface area contributed by atoms with Crippen molar-refractivity contribution >= 4 is 11.6 Å². The molecule has 3 N–H and O–H groups in total. The van der Waals surface area contributed by atoms with Gasteiger partial charge in [0.25, 0.3) is 11.4 Å². The molecular weight excluding hydrogens is 222 g/mol. The van der Waals surface area contributed by atoms with Gasteiger partial charge in [0.15, 0.2) is 0 Å². The number of hydrogen-bond acceptors (Lipinski definition) is 5. The maximum Gasteiger partial charge on any atom is 0.298 e. The van der Waals surface area contributed by atoms with Crippen LogP contribution in [0.2, 0.25) is 0 Å². The molecule has 0 unspecified atom stereocenters. The molecule has 0 amide bonds. The summed E-state index contributed by atoms with van der Waals surface area (Å²) in [6, 6.07) is 9.16. The number of benzene rings is 1. The Kier molecular flexibility index (Phi) is 2.95. The highest BCUT2D eigenvalue weighted by Crippen LogP contribution is 2.19. The molecule has 88 valence electrons. The zero-order valence-electron chi connectivity index (χ0n) is 9.10. The van der Waals surface area contributed by atoms with Crippen molar-refractivity contribution in [2.45, 2.75) is 0 Å². The van der Waals surface area contributed by atoms with E-state index in [2.05, 4.69) is 15.3 Å². The summed E-state index contributed by atoms with van der Waals surface area (Å²) >= 11 is 0. The molecule has 0 aliphatic rings. The summed E-state index contributed by atoms with van der Waals surface area (Å²) in [7, 11) is 1.29. The number of ether oxygens (including phenoxy) is 1. The maximum absolute atomic E-state index is 11.5. The van der Waals surface area contributed by atoms with Crippen molar-refractivity contribution in [1.82, 2.24) is 9.97 Å². The van der Waals surface area contributed by atoms with Crippen LogP contribution in [0.15, 0.2) is 35.1 Å². The molecule has 2 rings (SSSR count). The van der Waals surface area contributed by atoms with Crippen LogP contribution in [-0.2, 0) is 0 Å². The highest BCUT2D eigenvalue weighted by molar-refractivity contribution is 5.53. The third kappa shape index (κ3) is 2.36. The maximum atomic E-state index is 11.5. The van der Waals surface area contributed by atoms with Crippen LogP contribution in [-0.4, -0.2) is 22.2 Å². The Morgan fingerprint density at radius 1 is 1.35 bits per heavy atom. The molecule has 1 heterocycles. The Bertz CT molecular complexity index is 566. The molecule has 0 fully saturated rings. The van der Waals surface area contributed by atoms with Crippen molar-refractivity contribution in [3.05, 3.63) is 40.7 Å². The van der Waals surface area contributed by atoms with E-state index >= 15 is 0 Å². The first-order valence-electron chi connectivity index (χ1n) is 4.90. The molecule has 17 heavy (non-hydrogen) atoms. The topological polar surface area (TPSA) is 87.2 Å². The monoisotopic (exact) mass is 233 g/mol. The molecule has 0 atom stereocenters. The molecule has 1 aromatic heterocycles. The van der Waals surface area contributed by atoms with Crippen LogP contribution < -0.4 is 15.6 Å². The van der Waals surface area contributed by atoms with E-state index in [-0.39, 0.29) is 11.7 Å². The Morgan fingerprint density at radius 2 is 2.06 bits per heavy atom. The lowest BCUT2D eigenvalue weighted by Gasteiger charge is -2.06. The minimum Gasteiger partial charge on any atom is -0.490 e. The Hall–Kier alpha value is -2.50. The van der Waals surface area contributed by atoms with Gasteiger partial charge in [-0.25, -0.2) is 0 Å². The fourth-order valence-electron chi connectivity index (χ4n) is 1.35. The van der Waals surface area contributed by atoms with Crippen LogP contribution in [0.5, 0.6) is 11.6 Å². The average molecular weight is 233 g/mol. The average Bonchev–Trinajstić information content (AvgIpc) is 2.30. The molecule has 2 aromatic rings. The summed E-state index contributed by atoms with van der Waals surface area (Å²) in [6.07, 6.45) is 0. The Balaban J connectivity index is 2.32. The molecule has 6 nitrogen and oxygen atoms in total. The van der Waals surface area contributed by atoms with Crippen LogP contribution in [0, 0.1) is 0 Å². The molecule has 1 aromatic carbocycles. The van der Waals surface area contributed by atoms with Crippen molar-refractivity contribution in [1.29, 1.82) is 0 Å². The molecule has 0 aliphatic carbocycles. The SMILES string of the molecule is COc1c(O)nc(Nc2ccccc2)[nH]c1=O. The van der Waals surface area contributed by atoms with E-state index in [0.717, 1.165) is 5.69 Å². The zero-order chi connectivity index (χ0) is 12.3. The van der Waals surface area contributed by atoms with Gasteiger partial charge >= 0.3 is 0 Å². The van der Waals surface area contributed by atoms with Crippen LogP contribution >= 0.6 is 0 Å². The number of nitrogens with zero attached hydrogens (tertiary/aromatic N) is 1. The number of anilines is 2. The standard InChI is InChI=1S/C11H11N3O3/c1-17-8-9(15)13-11(14-10(8)16)12-7-5-3-2-4-6-7/h2-6H,1H3,(H3,12,13,14,15,16). The third-order valence-corrected chi connectivity index (χ3v) is 2.10. The lowest BCUT2D eigenvalue weighted by Crippen LogP contribution is -2.13. The van der Waals surface area contributed by atoms with Gasteiger partial charge in [0.1, 0.15) is 0 Å². The minimum atomic E-state index is -0.543. The van der Waals surface area contributed by atoms with Crippen molar-refractivity contribution in [2.75, 3.05) is 12.4 Å². The number of rotatable bonds is 3. The number of nitrogens with one attached hydrogen (secondary N) is 2. The summed E-state index contributed by atoms with van der Waals surface area (Å²) < 4.78 is 4.70. The smallest absolute Gasteiger partial charge is 0.298 e. The molecule has 0 spiro atoms. The number of hydrogen-bond donors (Lipinski definition) is 3. The van der Waals surface area contributed by atoms with Crippen LogP contribution in [0.25, 0.3) is 0 Å². The Morgan fingerprint density at radius 3 is 2.65 bits per heavy atom. The van der Waals surface area contributed by atoms with E-state index in [0.29, 0.717) is 0 Å². The lowest BCUT2D eigenvalue weighted by molar-refractivity contribution is 0.357. The van der Waals surface area contributed by atoms with Crippen molar-refractivity contribution < 1.29 is 9.84 Å². The molecule has 0 saturated carbocycles. The van der Waals surface area contributed by atoms with Crippen LogP contribution in [0.3, 0.4) is 0 Å². The summed E-state index contributed by atoms with van der Waals surface area (Å²) in [5, 5.41) is 12.3. The van der Waals surface area contributed by atoms with E-state index in [1.54, 1.807) is 12.1 Å². The Labute approximate surface area is 96.9 Å². The van der Waals surface area contributed by atoms with Gasteiger partial charge in [-0.15, -0.1) is 0 Å². The molecule has 0 aliphatic heterocycles. The number of para-hydroxylation sites is 1. The molecular formula is C11H11N3O3. The van der Waals surface area contributed by atoms with Gasteiger partial charge in [-0.05, 0) is 12.1 Å². The second-order valence-corrected chi connectivity index (χ2v) is 3.26. The first kappa shape index (κ1) is 11.0. The van der Waals surface area contributed by atoms with Gasteiger partial charge in [0, 0.05) is 5.69 Å². The quantitative estimate of drug-likeness (QED) is 0.742. The van der Waals surface area contributed by atoms with Crippen LogP contribution in [0.4, 0.5) is 11.6 Å². The summed E-state index contributed by atoms with van der Waals surface area (Å²) in [4.78, 5) is 17.7. The highest BCUT2D eigenvalue weighted by atomic mass is 16.5. The molecule has 6 heteroatoms. The largest absolute Gasteiger partial charge is 0.490 e. The first-order chi connectivity index (χ1) is 8.20. The lowest BCUT2D eigenvalue weighted by atomic mass is 10.3. The second-order valence-electron chi connectivity index (χ2n) is 3.26. The highest BCUT2D eigenvalue weighted by Gasteiger charge is 2.10. The zero-order valence-corrected chi connectivity index (χ0v) is 9.10.